The van der Waals surface area contributed by atoms with Crippen molar-refractivity contribution in [2.45, 2.75) is 24.3 Å². The lowest BCUT2D eigenvalue weighted by atomic mass is 10.2. The van der Waals surface area contributed by atoms with Gasteiger partial charge in [-0.1, -0.05) is 23.9 Å². The Morgan fingerprint density at radius 2 is 1.86 bits per heavy atom. The molecule has 29 heavy (non-hydrogen) atoms. The molecule has 0 N–H and O–H groups in total. The Bertz CT molecular complexity index is 989. The minimum absolute atomic E-state index is 0.0549. The van der Waals surface area contributed by atoms with Crippen molar-refractivity contribution in [3.8, 4) is 22.8 Å². The average molecular weight is 415 g/mol. The Hall–Kier alpha value is -2.87. The van der Waals surface area contributed by atoms with Crippen molar-refractivity contribution in [3.05, 3.63) is 54.3 Å². The van der Waals surface area contributed by atoms with Gasteiger partial charge < -0.3 is 9.64 Å². The van der Waals surface area contributed by atoms with E-state index in [1.54, 1.807) is 43.8 Å². The van der Waals surface area contributed by atoms with E-state index in [0.29, 0.717) is 23.3 Å². The summed E-state index contributed by atoms with van der Waals surface area (Å²) in [6, 6.07) is 13.8. The van der Waals surface area contributed by atoms with Crippen LogP contribution in [0, 0.1) is 5.82 Å². The number of carbonyl (C=O) groups excluding carboxylic acids is 1. The SMILES string of the molecule is CCOc1ccc(-c2nnc(SC(C)C(=O)N(C)C)n2-c2ccccc2F)cc1. The van der Waals surface area contributed by atoms with E-state index in [1.165, 1.54) is 22.7 Å². The lowest BCUT2D eigenvalue weighted by Gasteiger charge is -2.17. The van der Waals surface area contributed by atoms with Gasteiger partial charge in [0.15, 0.2) is 11.0 Å². The van der Waals surface area contributed by atoms with Gasteiger partial charge in [-0.25, -0.2) is 4.39 Å². The molecule has 2 aromatic carbocycles. The topological polar surface area (TPSA) is 60.3 Å². The number of amides is 1. The number of hydrogen-bond donors (Lipinski definition) is 0. The summed E-state index contributed by atoms with van der Waals surface area (Å²) in [6.45, 7) is 4.29. The van der Waals surface area contributed by atoms with Crippen LogP contribution in [-0.4, -0.2) is 51.5 Å². The molecule has 0 fully saturated rings. The highest BCUT2D eigenvalue weighted by molar-refractivity contribution is 8.00. The first-order valence-corrected chi connectivity index (χ1v) is 10.1. The van der Waals surface area contributed by atoms with Crippen molar-refractivity contribution in [3.63, 3.8) is 0 Å². The summed E-state index contributed by atoms with van der Waals surface area (Å²) in [5, 5.41) is 8.60. The third kappa shape index (κ3) is 4.59. The first-order chi connectivity index (χ1) is 13.9. The maximum atomic E-state index is 14.6. The van der Waals surface area contributed by atoms with Gasteiger partial charge in [0.1, 0.15) is 11.6 Å². The second-order valence-electron chi connectivity index (χ2n) is 6.54. The number of para-hydroxylation sites is 1. The summed E-state index contributed by atoms with van der Waals surface area (Å²) < 4.78 is 21.8. The van der Waals surface area contributed by atoms with Crippen LogP contribution in [0.1, 0.15) is 13.8 Å². The largest absolute Gasteiger partial charge is 0.494 e. The number of aromatic nitrogens is 3. The maximum absolute atomic E-state index is 14.6. The molecular formula is C21H23FN4O2S. The van der Waals surface area contributed by atoms with E-state index in [-0.39, 0.29) is 5.91 Å². The number of halogens is 1. The number of hydrogen-bond acceptors (Lipinski definition) is 5. The highest BCUT2D eigenvalue weighted by atomic mass is 32.2. The van der Waals surface area contributed by atoms with Crippen molar-refractivity contribution in [2.24, 2.45) is 0 Å². The summed E-state index contributed by atoms with van der Waals surface area (Å²) in [6.07, 6.45) is 0. The molecule has 0 bridgehead atoms. The molecule has 1 unspecified atom stereocenters. The number of thioether (sulfide) groups is 1. The van der Waals surface area contributed by atoms with Gasteiger partial charge in [-0.05, 0) is 50.2 Å². The Morgan fingerprint density at radius 3 is 2.48 bits per heavy atom. The summed E-state index contributed by atoms with van der Waals surface area (Å²) >= 11 is 1.24. The Morgan fingerprint density at radius 1 is 1.17 bits per heavy atom. The molecule has 0 saturated heterocycles. The molecule has 0 aliphatic carbocycles. The standard InChI is InChI=1S/C21H23FN4O2S/c1-5-28-16-12-10-15(11-13-16)19-23-24-21(29-14(2)20(27)25(3)4)26(19)18-9-7-6-8-17(18)22/h6-14H,5H2,1-4H3. The molecule has 0 spiro atoms. The van der Waals surface area contributed by atoms with E-state index in [2.05, 4.69) is 10.2 Å². The smallest absolute Gasteiger partial charge is 0.235 e. The molecule has 0 aliphatic heterocycles. The molecule has 8 heteroatoms. The molecule has 0 radical (unpaired) electrons. The summed E-state index contributed by atoms with van der Waals surface area (Å²) in [4.78, 5) is 13.8. The number of rotatable bonds is 7. The van der Waals surface area contributed by atoms with Crippen LogP contribution in [0.3, 0.4) is 0 Å². The molecular weight excluding hydrogens is 391 g/mol. The minimum atomic E-state index is -0.395. The van der Waals surface area contributed by atoms with Crippen LogP contribution in [0.5, 0.6) is 5.75 Å². The molecule has 0 saturated carbocycles. The number of benzene rings is 2. The van der Waals surface area contributed by atoms with Crippen LogP contribution in [0.2, 0.25) is 0 Å². The predicted molar refractivity (Wildman–Crippen MR) is 112 cm³/mol. The van der Waals surface area contributed by atoms with Gasteiger partial charge in [0, 0.05) is 19.7 Å². The fourth-order valence-corrected chi connectivity index (χ4v) is 3.83. The third-order valence-corrected chi connectivity index (χ3v) is 5.25. The zero-order chi connectivity index (χ0) is 21.0. The Labute approximate surface area is 173 Å². The van der Waals surface area contributed by atoms with E-state index in [0.717, 1.165) is 11.3 Å². The van der Waals surface area contributed by atoms with E-state index in [4.69, 9.17) is 4.74 Å². The van der Waals surface area contributed by atoms with Crippen molar-refractivity contribution in [1.29, 1.82) is 0 Å². The van der Waals surface area contributed by atoms with Crippen LogP contribution in [0.25, 0.3) is 17.1 Å². The van der Waals surface area contributed by atoms with Crippen LogP contribution in [-0.2, 0) is 4.79 Å². The molecule has 1 heterocycles. The molecule has 1 atom stereocenters. The zero-order valence-electron chi connectivity index (χ0n) is 16.8. The first-order valence-electron chi connectivity index (χ1n) is 9.23. The van der Waals surface area contributed by atoms with Crippen molar-refractivity contribution in [1.82, 2.24) is 19.7 Å². The Kier molecular flexibility index (Phi) is 6.53. The second-order valence-corrected chi connectivity index (χ2v) is 7.85. The van der Waals surface area contributed by atoms with Crippen LogP contribution >= 0.6 is 11.8 Å². The fraction of sp³-hybridized carbons (Fsp3) is 0.286. The molecule has 3 rings (SSSR count). The fourth-order valence-electron chi connectivity index (χ4n) is 2.82. The van der Waals surface area contributed by atoms with Crippen molar-refractivity contribution >= 4 is 17.7 Å². The molecule has 0 aliphatic rings. The van der Waals surface area contributed by atoms with E-state index < -0.39 is 11.1 Å². The number of ether oxygens (including phenoxy) is 1. The Balaban J connectivity index is 2.06. The highest BCUT2D eigenvalue weighted by Gasteiger charge is 2.24. The summed E-state index contributed by atoms with van der Waals surface area (Å²) in [5.41, 5.74) is 1.09. The lowest BCUT2D eigenvalue weighted by Crippen LogP contribution is -2.29. The van der Waals surface area contributed by atoms with Gasteiger partial charge in [-0.3, -0.25) is 9.36 Å². The van der Waals surface area contributed by atoms with E-state index in [9.17, 15) is 9.18 Å². The molecule has 6 nitrogen and oxygen atoms in total. The van der Waals surface area contributed by atoms with Gasteiger partial charge in [-0.2, -0.15) is 0 Å². The molecule has 152 valence electrons. The summed E-state index contributed by atoms with van der Waals surface area (Å²) in [7, 11) is 3.40. The number of carbonyl (C=O) groups is 1. The summed E-state index contributed by atoms with van der Waals surface area (Å²) in [5.74, 6) is 0.784. The van der Waals surface area contributed by atoms with Gasteiger partial charge in [-0.15, -0.1) is 10.2 Å². The quantitative estimate of drug-likeness (QED) is 0.546. The highest BCUT2D eigenvalue weighted by Crippen LogP contribution is 2.32. The van der Waals surface area contributed by atoms with Crippen LogP contribution < -0.4 is 4.74 Å². The van der Waals surface area contributed by atoms with E-state index >= 15 is 0 Å². The van der Waals surface area contributed by atoms with E-state index in [1.807, 2.05) is 31.2 Å². The lowest BCUT2D eigenvalue weighted by molar-refractivity contribution is -0.127. The molecule has 1 aromatic heterocycles. The van der Waals surface area contributed by atoms with Crippen molar-refractivity contribution in [2.75, 3.05) is 20.7 Å². The minimum Gasteiger partial charge on any atom is -0.494 e. The zero-order valence-corrected chi connectivity index (χ0v) is 17.6. The monoisotopic (exact) mass is 414 g/mol. The number of nitrogens with zero attached hydrogens (tertiary/aromatic N) is 4. The molecule has 3 aromatic rings. The third-order valence-electron chi connectivity index (χ3n) is 4.22. The van der Waals surface area contributed by atoms with Gasteiger partial charge >= 0.3 is 0 Å². The van der Waals surface area contributed by atoms with Crippen molar-refractivity contribution < 1.29 is 13.9 Å². The molecule has 1 amide bonds. The van der Waals surface area contributed by atoms with Gasteiger partial charge in [0.05, 0.1) is 17.5 Å². The maximum Gasteiger partial charge on any atom is 0.235 e. The van der Waals surface area contributed by atoms with Gasteiger partial charge in [0.2, 0.25) is 5.91 Å². The normalized spacial score (nSPS) is 11.9. The van der Waals surface area contributed by atoms with Crippen LogP contribution in [0.15, 0.2) is 53.7 Å². The first kappa shape index (κ1) is 20.9. The van der Waals surface area contributed by atoms with Gasteiger partial charge in [0.25, 0.3) is 0 Å². The predicted octanol–water partition coefficient (Wildman–Crippen LogP) is 4.04. The van der Waals surface area contributed by atoms with Crippen LogP contribution in [0.4, 0.5) is 4.39 Å². The average Bonchev–Trinajstić information content (AvgIpc) is 3.11. The second kappa shape index (κ2) is 9.09.